The minimum atomic E-state index is 0.103. The van der Waals surface area contributed by atoms with Gasteiger partial charge in [-0.3, -0.25) is 14.6 Å². The monoisotopic (exact) mass is 483 g/mol. The molecule has 3 heterocycles. The fourth-order valence-electron chi connectivity index (χ4n) is 6.11. The molecule has 3 fully saturated rings. The standard InChI is InChI=1S/C30H33N3O3/c1-36-28-9-5-2-6-21(28)14-17-33-27-15-16-32(19-22(27)12-13-29(33)34)30(35)24-18-26(20-10-11-20)31-25-8-4-3-7-23(24)25/h2-9,18,20,22,27H,10-17,19H2,1H3/t22-,27+/m1/s1. The number of hydrogen-bond donors (Lipinski definition) is 0. The van der Waals surface area contributed by atoms with Gasteiger partial charge in [-0.25, -0.2) is 0 Å². The third kappa shape index (κ3) is 4.34. The number of amides is 2. The van der Waals surface area contributed by atoms with Crippen LogP contribution in [0.25, 0.3) is 10.9 Å². The number of para-hydroxylation sites is 2. The Kier molecular flexibility index (Phi) is 6.12. The van der Waals surface area contributed by atoms with E-state index in [2.05, 4.69) is 11.0 Å². The highest BCUT2D eigenvalue weighted by Crippen LogP contribution is 2.40. The van der Waals surface area contributed by atoms with Gasteiger partial charge in [0.2, 0.25) is 5.91 Å². The van der Waals surface area contributed by atoms with Gasteiger partial charge in [-0.2, -0.15) is 0 Å². The van der Waals surface area contributed by atoms with Crippen molar-refractivity contribution in [2.75, 3.05) is 26.7 Å². The Morgan fingerprint density at radius 3 is 2.69 bits per heavy atom. The number of fused-ring (bicyclic) bond motifs is 2. The Morgan fingerprint density at radius 1 is 1.06 bits per heavy atom. The lowest BCUT2D eigenvalue weighted by Gasteiger charge is -2.47. The van der Waals surface area contributed by atoms with Gasteiger partial charge in [0, 0.05) is 49.1 Å². The Morgan fingerprint density at radius 2 is 1.86 bits per heavy atom. The van der Waals surface area contributed by atoms with E-state index in [1.54, 1.807) is 7.11 Å². The summed E-state index contributed by atoms with van der Waals surface area (Å²) in [6, 6.07) is 18.3. The molecule has 1 aromatic heterocycles. The molecule has 0 radical (unpaired) electrons. The second-order valence-electron chi connectivity index (χ2n) is 10.4. The van der Waals surface area contributed by atoms with Crippen LogP contribution in [0.4, 0.5) is 0 Å². The Hall–Kier alpha value is -3.41. The van der Waals surface area contributed by atoms with Crippen LogP contribution in [0.5, 0.6) is 5.75 Å². The fraction of sp³-hybridized carbons (Fsp3) is 0.433. The molecule has 0 bridgehead atoms. The molecule has 0 unspecified atom stereocenters. The molecule has 2 atom stereocenters. The summed E-state index contributed by atoms with van der Waals surface area (Å²) in [4.78, 5) is 35.7. The first kappa shape index (κ1) is 23.0. The first-order chi connectivity index (χ1) is 17.6. The van der Waals surface area contributed by atoms with Gasteiger partial charge in [0.1, 0.15) is 5.75 Å². The van der Waals surface area contributed by atoms with Crippen LogP contribution >= 0.6 is 0 Å². The van der Waals surface area contributed by atoms with Gasteiger partial charge in [0.15, 0.2) is 0 Å². The zero-order valence-electron chi connectivity index (χ0n) is 20.9. The van der Waals surface area contributed by atoms with Crippen LogP contribution in [0.15, 0.2) is 54.6 Å². The van der Waals surface area contributed by atoms with Crippen molar-refractivity contribution in [2.45, 2.75) is 50.5 Å². The van der Waals surface area contributed by atoms with E-state index in [1.807, 2.05) is 53.4 Å². The number of likely N-dealkylation sites (tertiary alicyclic amines) is 2. The molecule has 3 aliphatic rings. The molecule has 2 aliphatic heterocycles. The molecule has 2 saturated heterocycles. The van der Waals surface area contributed by atoms with Gasteiger partial charge in [-0.15, -0.1) is 0 Å². The molecule has 36 heavy (non-hydrogen) atoms. The first-order valence-corrected chi connectivity index (χ1v) is 13.2. The van der Waals surface area contributed by atoms with Crippen LogP contribution in [0.2, 0.25) is 0 Å². The molecule has 6 heteroatoms. The number of ether oxygens (including phenoxy) is 1. The maximum Gasteiger partial charge on any atom is 0.254 e. The molecular formula is C30H33N3O3. The van der Waals surface area contributed by atoms with E-state index in [-0.39, 0.29) is 17.9 Å². The predicted octanol–water partition coefficient (Wildman–Crippen LogP) is 4.82. The van der Waals surface area contributed by atoms with Crippen LogP contribution in [0.3, 0.4) is 0 Å². The summed E-state index contributed by atoms with van der Waals surface area (Å²) in [5.74, 6) is 2.02. The van der Waals surface area contributed by atoms with E-state index in [0.29, 0.717) is 37.9 Å². The number of methoxy groups -OCH3 is 1. The zero-order chi connectivity index (χ0) is 24.6. The minimum absolute atomic E-state index is 0.103. The fourth-order valence-corrected chi connectivity index (χ4v) is 6.11. The lowest BCUT2D eigenvalue weighted by Crippen LogP contribution is -2.57. The summed E-state index contributed by atoms with van der Waals surface area (Å²) in [6.07, 6.45) is 5.32. The predicted molar refractivity (Wildman–Crippen MR) is 139 cm³/mol. The summed E-state index contributed by atoms with van der Waals surface area (Å²) in [5, 5.41) is 0.936. The van der Waals surface area contributed by atoms with Gasteiger partial charge in [-0.05, 0) is 61.8 Å². The summed E-state index contributed by atoms with van der Waals surface area (Å²) in [6.45, 7) is 2.07. The molecule has 186 valence electrons. The first-order valence-electron chi connectivity index (χ1n) is 13.2. The van der Waals surface area contributed by atoms with Crippen LogP contribution in [-0.2, 0) is 11.2 Å². The van der Waals surface area contributed by atoms with Crippen molar-refractivity contribution in [3.63, 3.8) is 0 Å². The van der Waals surface area contributed by atoms with E-state index in [9.17, 15) is 9.59 Å². The number of rotatable bonds is 6. The highest BCUT2D eigenvalue weighted by Gasteiger charge is 2.40. The Labute approximate surface area is 212 Å². The number of carbonyl (C=O) groups excluding carboxylic acids is 2. The maximum absolute atomic E-state index is 13.8. The van der Waals surface area contributed by atoms with Crippen molar-refractivity contribution in [3.05, 3.63) is 71.4 Å². The number of piperidine rings is 2. The summed E-state index contributed by atoms with van der Waals surface area (Å²) in [7, 11) is 1.69. The summed E-state index contributed by atoms with van der Waals surface area (Å²) >= 11 is 0. The zero-order valence-corrected chi connectivity index (χ0v) is 20.9. The van der Waals surface area contributed by atoms with Gasteiger partial charge in [-0.1, -0.05) is 36.4 Å². The smallest absolute Gasteiger partial charge is 0.254 e. The van der Waals surface area contributed by atoms with Crippen molar-refractivity contribution in [1.82, 2.24) is 14.8 Å². The largest absolute Gasteiger partial charge is 0.496 e. The molecule has 0 spiro atoms. The second kappa shape index (κ2) is 9.57. The molecular weight excluding hydrogens is 450 g/mol. The molecule has 6 nitrogen and oxygen atoms in total. The molecule has 0 N–H and O–H groups in total. The van der Waals surface area contributed by atoms with E-state index in [1.165, 1.54) is 0 Å². The number of nitrogens with zero attached hydrogens (tertiary/aromatic N) is 3. The molecule has 2 aromatic carbocycles. The maximum atomic E-state index is 13.8. The number of pyridine rings is 1. The summed E-state index contributed by atoms with van der Waals surface area (Å²) in [5.41, 5.74) is 3.86. The number of benzene rings is 2. The van der Waals surface area contributed by atoms with Crippen LogP contribution in [-0.4, -0.2) is 59.4 Å². The van der Waals surface area contributed by atoms with E-state index >= 15 is 0 Å². The van der Waals surface area contributed by atoms with Crippen molar-refractivity contribution in [2.24, 2.45) is 5.92 Å². The number of aromatic nitrogens is 1. The van der Waals surface area contributed by atoms with Crippen molar-refractivity contribution in [1.29, 1.82) is 0 Å². The van der Waals surface area contributed by atoms with Crippen molar-refractivity contribution >= 4 is 22.7 Å². The van der Waals surface area contributed by atoms with Crippen molar-refractivity contribution in [3.8, 4) is 5.75 Å². The molecule has 3 aromatic rings. The van der Waals surface area contributed by atoms with Crippen molar-refractivity contribution < 1.29 is 14.3 Å². The van der Waals surface area contributed by atoms with E-state index in [4.69, 9.17) is 9.72 Å². The number of hydrogen-bond acceptors (Lipinski definition) is 4. The normalized spacial score (nSPS) is 22.0. The minimum Gasteiger partial charge on any atom is -0.496 e. The molecule has 6 rings (SSSR count). The average Bonchev–Trinajstić information content (AvgIpc) is 3.77. The van der Waals surface area contributed by atoms with E-state index < -0.39 is 0 Å². The summed E-state index contributed by atoms with van der Waals surface area (Å²) < 4.78 is 5.51. The quantitative estimate of drug-likeness (QED) is 0.505. The Balaban J connectivity index is 1.19. The van der Waals surface area contributed by atoms with Crippen LogP contribution < -0.4 is 4.74 Å². The third-order valence-corrected chi connectivity index (χ3v) is 8.21. The highest BCUT2D eigenvalue weighted by atomic mass is 16.5. The SMILES string of the molecule is COc1ccccc1CCN1C(=O)CC[C@@H]2CN(C(=O)c3cc(C4CC4)nc4ccccc34)CC[C@@H]21. The highest BCUT2D eigenvalue weighted by molar-refractivity contribution is 6.06. The average molecular weight is 484 g/mol. The van der Waals surface area contributed by atoms with Gasteiger partial charge in [0.25, 0.3) is 5.91 Å². The second-order valence-corrected chi connectivity index (χ2v) is 10.4. The molecule has 2 amide bonds. The number of carbonyl (C=O) groups is 2. The van der Waals surface area contributed by atoms with E-state index in [0.717, 1.165) is 65.6 Å². The van der Waals surface area contributed by atoms with Gasteiger partial charge < -0.3 is 14.5 Å². The van der Waals surface area contributed by atoms with Gasteiger partial charge in [0.05, 0.1) is 18.2 Å². The Bertz CT molecular complexity index is 1300. The topological polar surface area (TPSA) is 62.7 Å². The van der Waals surface area contributed by atoms with Crippen LogP contribution in [0, 0.1) is 5.92 Å². The third-order valence-electron chi connectivity index (χ3n) is 8.21. The lowest BCUT2D eigenvalue weighted by atomic mass is 9.83. The molecule has 1 aliphatic carbocycles. The lowest BCUT2D eigenvalue weighted by molar-refractivity contribution is -0.140. The van der Waals surface area contributed by atoms with Crippen LogP contribution in [0.1, 0.15) is 59.6 Å². The van der Waals surface area contributed by atoms with Gasteiger partial charge >= 0.3 is 0 Å². The molecule has 1 saturated carbocycles.